The first kappa shape index (κ1) is 24.8. The Kier molecular flexibility index (Phi) is 7.90. The molecule has 2 amide bonds. The Morgan fingerprint density at radius 3 is 2.64 bits per heavy atom. The van der Waals surface area contributed by atoms with Crippen molar-refractivity contribution in [1.29, 1.82) is 0 Å². The van der Waals surface area contributed by atoms with Gasteiger partial charge in [0, 0.05) is 37.2 Å². The van der Waals surface area contributed by atoms with Crippen molar-refractivity contribution in [3.8, 4) is 5.75 Å². The van der Waals surface area contributed by atoms with Gasteiger partial charge in [-0.25, -0.2) is 0 Å². The van der Waals surface area contributed by atoms with Crippen LogP contribution in [0.5, 0.6) is 5.75 Å². The second kappa shape index (κ2) is 11.5. The number of methoxy groups -OCH3 is 1. The summed E-state index contributed by atoms with van der Waals surface area (Å²) in [6.07, 6.45) is 6.95. The van der Waals surface area contributed by atoms with Crippen molar-refractivity contribution in [3.05, 3.63) is 65.7 Å². The van der Waals surface area contributed by atoms with E-state index in [9.17, 15) is 9.59 Å². The highest BCUT2D eigenvalue weighted by atomic mass is 16.5. The highest BCUT2D eigenvalue weighted by Crippen LogP contribution is 2.43. The molecule has 192 valence electrons. The minimum atomic E-state index is 0.0844. The van der Waals surface area contributed by atoms with Crippen LogP contribution < -0.4 is 10.1 Å². The van der Waals surface area contributed by atoms with Crippen LogP contribution in [0.1, 0.15) is 60.9 Å². The first-order valence-corrected chi connectivity index (χ1v) is 13.6. The number of carbonyl (C=O) groups excluding carboxylic acids is 2. The zero-order valence-corrected chi connectivity index (χ0v) is 21.4. The van der Waals surface area contributed by atoms with E-state index in [4.69, 9.17) is 4.74 Å². The highest BCUT2D eigenvalue weighted by Gasteiger charge is 2.49. The van der Waals surface area contributed by atoms with Gasteiger partial charge in [0.05, 0.1) is 7.11 Å². The third-order valence-electron chi connectivity index (χ3n) is 8.49. The van der Waals surface area contributed by atoms with E-state index in [1.807, 2.05) is 54.6 Å². The van der Waals surface area contributed by atoms with E-state index in [-0.39, 0.29) is 17.9 Å². The first-order chi connectivity index (χ1) is 17.6. The molecule has 0 unspecified atom stereocenters. The van der Waals surface area contributed by atoms with Gasteiger partial charge < -0.3 is 15.0 Å². The third-order valence-corrected chi connectivity index (χ3v) is 8.49. The van der Waals surface area contributed by atoms with E-state index in [1.165, 1.54) is 38.8 Å². The molecule has 0 radical (unpaired) electrons. The van der Waals surface area contributed by atoms with Gasteiger partial charge in [-0.2, -0.15) is 0 Å². The van der Waals surface area contributed by atoms with Gasteiger partial charge >= 0.3 is 0 Å². The van der Waals surface area contributed by atoms with Crippen LogP contribution in [0.15, 0.2) is 54.6 Å². The zero-order valence-electron chi connectivity index (χ0n) is 21.4. The van der Waals surface area contributed by atoms with Gasteiger partial charge in [0.25, 0.3) is 5.91 Å². The van der Waals surface area contributed by atoms with E-state index in [2.05, 4.69) is 15.1 Å². The lowest BCUT2D eigenvalue weighted by Crippen LogP contribution is -2.65. The number of rotatable bonds is 8. The Balaban J connectivity index is 1.29. The van der Waals surface area contributed by atoms with E-state index >= 15 is 0 Å². The second-order valence-electron chi connectivity index (χ2n) is 10.6. The number of nitrogens with one attached hydrogen (secondary N) is 1. The van der Waals surface area contributed by atoms with Gasteiger partial charge in [0.2, 0.25) is 5.91 Å². The molecule has 0 aliphatic carbocycles. The van der Waals surface area contributed by atoms with Crippen molar-refractivity contribution in [2.24, 2.45) is 11.8 Å². The smallest absolute Gasteiger partial charge is 0.254 e. The van der Waals surface area contributed by atoms with Crippen molar-refractivity contribution in [3.63, 3.8) is 0 Å². The van der Waals surface area contributed by atoms with Crippen LogP contribution in [0, 0.1) is 11.8 Å². The van der Waals surface area contributed by atoms with Crippen molar-refractivity contribution in [2.75, 3.05) is 26.7 Å². The number of nitrogens with zero attached hydrogens (tertiary/aromatic N) is 2. The first-order valence-electron chi connectivity index (χ1n) is 13.6. The summed E-state index contributed by atoms with van der Waals surface area (Å²) in [7, 11) is 1.64. The predicted octanol–water partition coefficient (Wildman–Crippen LogP) is 4.50. The fourth-order valence-corrected chi connectivity index (χ4v) is 6.88. The number of carbonyl (C=O) groups is 2. The highest BCUT2D eigenvalue weighted by molar-refractivity contribution is 5.95. The molecule has 3 fully saturated rings. The number of amides is 2. The summed E-state index contributed by atoms with van der Waals surface area (Å²) in [4.78, 5) is 31.3. The largest absolute Gasteiger partial charge is 0.497 e. The molecular formula is C30H39N3O3. The summed E-state index contributed by atoms with van der Waals surface area (Å²) >= 11 is 0. The topological polar surface area (TPSA) is 61.9 Å². The summed E-state index contributed by atoms with van der Waals surface area (Å²) in [6, 6.07) is 18.3. The second-order valence-corrected chi connectivity index (χ2v) is 10.6. The fraction of sp³-hybridized carbons (Fsp3) is 0.533. The number of piperidine rings is 3. The van der Waals surface area contributed by atoms with Gasteiger partial charge in [-0.15, -0.1) is 0 Å². The molecule has 0 aromatic heterocycles. The molecule has 5 rings (SSSR count). The summed E-state index contributed by atoms with van der Waals surface area (Å²) in [6.45, 7) is 3.76. The molecular weight excluding hydrogens is 450 g/mol. The van der Waals surface area contributed by atoms with Crippen LogP contribution in [-0.4, -0.2) is 60.4 Å². The normalized spacial score (nSPS) is 25.6. The van der Waals surface area contributed by atoms with Gasteiger partial charge in [0.1, 0.15) is 5.75 Å². The van der Waals surface area contributed by atoms with Crippen LogP contribution in [-0.2, 0) is 11.3 Å². The molecule has 0 saturated carbocycles. The summed E-state index contributed by atoms with van der Waals surface area (Å²) < 4.78 is 5.39. The Morgan fingerprint density at radius 2 is 1.83 bits per heavy atom. The average Bonchev–Trinajstić information content (AvgIpc) is 2.93. The maximum Gasteiger partial charge on any atom is 0.254 e. The molecule has 3 aliphatic heterocycles. The molecule has 0 bridgehead atoms. The Bertz CT molecular complexity index is 1040. The maximum absolute atomic E-state index is 13.8. The van der Waals surface area contributed by atoms with Crippen molar-refractivity contribution in [2.45, 2.75) is 63.6 Å². The molecule has 3 aliphatic rings. The molecule has 36 heavy (non-hydrogen) atoms. The lowest BCUT2D eigenvalue weighted by molar-refractivity contribution is -0.121. The molecule has 2 aromatic carbocycles. The standard InChI is InChI=1S/C30H39N3O3/c1-36-25-13-5-11-23(19-25)30(35)33-21-24-12-7-17-32-18-8-14-26(29(24)32)27(33)15-6-16-28(34)31-20-22-9-3-2-4-10-22/h2-5,9-11,13,19,24,26-27,29H,6-8,12,14-18,20-21H2,1H3,(H,31,34)/t24-,26+,27+,29-/m0/s1. The van der Waals surface area contributed by atoms with Crippen molar-refractivity contribution in [1.82, 2.24) is 15.1 Å². The Hall–Kier alpha value is -2.86. The van der Waals surface area contributed by atoms with Crippen LogP contribution in [0.25, 0.3) is 0 Å². The van der Waals surface area contributed by atoms with E-state index < -0.39 is 0 Å². The van der Waals surface area contributed by atoms with Crippen LogP contribution >= 0.6 is 0 Å². The minimum Gasteiger partial charge on any atom is -0.497 e. The monoisotopic (exact) mass is 489 g/mol. The average molecular weight is 490 g/mol. The molecule has 0 spiro atoms. The quantitative estimate of drug-likeness (QED) is 0.593. The zero-order chi connectivity index (χ0) is 24.9. The third kappa shape index (κ3) is 5.44. The number of likely N-dealkylation sites (tertiary alicyclic amines) is 1. The lowest BCUT2D eigenvalue weighted by atomic mass is 9.69. The molecule has 3 saturated heterocycles. The Labute approximate surface area is 215 Å². The molecule has 3 heterocycles. The van der Waals surface area contributed by atoms with E-state index in [1.54, 1.807) is 7.11 Å². The molecule has 1 N–H and O–H groups in total. The fourth-order valence-electron chi connectivity index (χ4n) is 6.88. The van der Waals surface area contributed by atoms with Gasteiger partial charge in [-0.05, 0) is 87.2 Å². The van der Waals surface area contributed by atoms with Crippen molar-refractivity contribution >= 4 is 11.8 Å². The van der Waals surface area contributed by atoms with Gasteiger partial charge in [0.15, 0.2) is 0 Å². The van der Waals surface area contributed by atoms with Gasteiger partial charge in [-0.3, -0.25) is 14.5 Å². The number of ether oxygens (including phenoxy) is 1. The minimum absolute atomic E-state index is 0.0844. The number of hydrogen-bond acceptors (Lipinski definition) is 4. The number of benzene rings is 2. The van der Waals surface area contributed by atoms with Crippen LogP contribution in [0.2, 0.25) is 0 Å². The number of hydrogen-bond donors (Lipinski definition) is 1. The SMILES string of the molecule is COc1cccc(C(=O)N2C[C@@H]3CCCN4CCC[C@@H]([C@H]34)[C@H]2CCCC(=O)NCc2ccccc2)c1. The molecule has 2 aromatic rings. The predicted molar refractivity (Wildman–Crippen MR) is 141 cm³/mol. The summed E-state index contributed by atoms with van der Waals surface area (Å²) in [5.41, 5.74) is 1.81. The molecule has 6 nitrogen and oxygen atoms in total. The molecule has 6 heteroatoms. The molecule has 4 atom stereocenters. The van der Waals surface area contributed by atoms with E-state index in [0.717, 1.165) is 24.9 Å². The van der Waals surface area contributed by atoms with Crippen LogP contribution in [0.4, 0.5) is 0 Å². The lowest BCUT2D eigenvalue weighted by Gasteiger charge is -2.57. The van der Waals surface area contributed by atoms with Gasteiger partial charge in [-0.1, -0.05) is 36.4 Å². The summed E-state index contributed by atoms with van der Waals surface area (Å²) in [5, 5.41) is 3.06. The Morgan fingerprint density at radius 1 is 1.03 bits per heavy atom. The maximum atomic E-state index is 13.8. The summed E-state index contributed by atoms with van der Waals surface area (Å²) in [5.74, 6) is 1.93. The van der Waals surface area contributed by atoms with Crippen molar-refractivity contribution < 1.29 is 14.3 Å². The van der Waals surface area contributed by atoms with E-state index in [0.29, 0.717) is 42.2 Å². The van der Waals surface area contributed by atoms with Crippen LogP contribution in [0.3, 0.4) is 0 Å².